The van der Waals surface area contributed by atoms with E-state index in [1.165, 1.54) is 74.2 Å². The fraction of sp³-hybridized carbons (Fsp3) is 0.652. The van der Waals surface area contributed by atoms with E-state index >= 15 is 0 Å². The first kappa shape index (κ1) is 18.6. The molecular weight excluding hydrogens is 366 g/mol. The van der Waals surface area contributed by atoms with Crippen LogP contribution in [-0.4, -0.2) is 34.9 Å². The molecule has 150 valence electrons. The molecule has 1 aromatic carbocycles. The quantitative estimate of drug-likeness (QED) is 0.736. The van der Waals surface area contributed by atoms with Crippen molar-refractivity contribution < 1.29 is 4.79 Å². The van der Waals surface area contributed by atoms with Gasteiger partial charge in [-0.2, -0.15) is 0 Å². The van der Waals surface area contributed by atoms with Gasteiger partial charge in [0.25, 0.3) is 0 Å². The Labute approximate surface area is 171 Å². The van der Waals surface area contributed by atoms with E-state index in [-0.39, 0.29) is 11.8 Å². The Morgan fingerprint density at radius 2 is 1.79 bits per heavy atom. The number of thiazole rings is 1. The minimum atomic E-state index is 0.197. The summed E-state index contributed by atoms with van der Waals surface area (Å²) in [6, 6.07) is 7.00. The molecule has 2 saturated carbocycles. The van der Waals surface area contributed by atoms with Crippen LogP contribution in [0.25, 0.3) is 10.2 Å². The minimum Gasteiger partial charge on any atom is -0.326 e. The van der Waals surface area contributed by atoms with Crippen LogP contribution in [0.5, 0.6) is 0 Å². The number of carbonyl (C=O) groups excluding carboxylic acids is 1. The monoisotopic (exact) mass is 397 g/mol. The number of amides is 1. The summed E-state index contributed by atoms with van der Waals surface area (Å²) in [6.07, 6.45) is 12.4. The first-order valence-corrected chi connectivity index (χ1v) is 12.0. The number of nitrogens with one attached hydrogen (secondary N) is 1. The van der Waals surface area contributed by atoms with Crippen molar-refractivity contribution in [1.82, 2.24) is 9.88 Å². The van der Waals surface area contributed by atoms with Crippen LogP contribution in [-0.2, 0) is 4.79 Å². The highest BCUT2D eigenvalue weighted by Crippen LogP contribution is 2.43. The van der Waals surface area contributed by atoms with Gasteiger partial charge in [0, 0.05) is 23.6 Å². The number of hydrogen-bond donors (Lipinski definition) is 1. The zero-order valence-corrected chi connectivity index (χ0v) is 17.5. The summed E-state index contributed by atoms with van der Waals surface area (Å²) in [5.74, 6) is 1.03. The van der Waals surface area contributed by atoms with E-state index in [2.05, 4.69) is 22.3 Å². The van der Waals surface area contributed by atoms with E-state index in [1.54, 1.807) is 0 Å². The molecule has 1 aliphatic heterocycles. The lowest BCUT2D eigenvalue weighted by Crippen LogP contribution is -2.46. The first-order chi connectivity index (χ1) is 13.8. The second-order valence-electron chi connectivity index (χ2n) is 8.98. The molecule has 3 aliphatic rings. The number of likely N-dealkylation sites (tertiary alicyclic amines) is 1. The van der Waals surface area contributed by atoms with Gasteiger partial charge >= 0.3 is 0 Å². The molecule has 28 heavy (non-hydrogen) atoms. The Hall–Kier alpha value is -1.46. The van der Waals surface area contributed by atoms with Crippen LogP contribution in [0.2, 0.25) is 0 Å². The fourth-order valence-electron chi connectivity index (χ4n) is 5.18. The van der Waals surface area contributed by atoms with Gasteiger partial charge in [-0.1, -0.05) is 25.7 Å². The maximum Gasteiger partial charge on any atom is 0.227 e. The van der Waals surface area contributed by atoms with Gasteiger partial charge in [0.05, 0.1) is 15.2 Å². The van der Waals surface area contributed by atoms with Crippen molar-refractivity contribution in [3.05, 3.63) is 23.2 Å². The van der Waals surface area contributed by atoms with Gasteiger partial charge in [-0.15, -0.1) is 11.3 Å². The summed E-state index contributed by atoms with van der Waals surface area (Å²) in [7, 11) is 0. The third-order valence-corrected chi connectivity index (χ3v) is 8.20. The molecule has 1 N–H and O–H groups in total. The lowest BCUT2D eigenvalue weighted by Gasteiger charge is -2.43. The van der Waals surface area contributed by atoms with Crippen molar-refractivity contribution in [2.24, 2.45) is 5.92 Å². The standard InChI is InChI=1S/C23H31N3OS/c27-22(16-7-3-1-4-8-16)24-18-9-10-20-21(15-18)28-23(25-20)17-13-19(14-17)26-11-5-2-6-12-26/h9-10,15-17,19H,1-8,11-14H2,(H,24,27). The van der Waals surface area contributed by atoms with Gasteiger partial charge < -0.3 is 10.2 Å². The van der Waals surface area contributed by atoms with Crippen molar-refractivity contribution in [3.63, 3.8) is 0 Å². The van der Waals surface area contributed by atoms with E-state index in [1.807, 2.05) is 17.4 Å². The van der Waals surface area contributed by atoms with E-state index in [4.69, 9.17) is 4.98 Å². The van der Waals surface area contributed by atoms with Gasteiger partial charge in [0.1, 0.15) is 0 Å². The summed E-state index contributed by atoms with van der Waals surface area (Å²) in [6.45, 7) is 2.59. The summed E-state index contributed by atoms with van der Waals surface area (Å²) in [5, 5.41) is 4.44. The van der Waals surface area contributed by atoms with Crippen LogP contribution in [0.4, 0.5) is 5.69 Å². The van der Waals surface area contributed by atoms with Gasteiger partial charge in [-0.05, 0) is 69.8 Å². The number of fused-ring (bicyclic) bond motifs is 1. The van der Waals surface area contributed by atoms with E-state index in [9.17, 15) is 4.79 Å². The Morgan fingerprint density at radius 1 is 1.04 bits per heavy atom. The number of piperidine rings is 1. The number of rotatable bonds is 4. The van der Waals surface area contributed by atoms with Crippen LogP contribution in [0.3, 0.4) is 0 Å². The summed E-state index contributed by atoms with van der Waals surface area (Å²) < 4.78 is 1.21. The zero-order valence-electron chi connectivity index (χ0n) is 16.7. The smallest absolute Gasteiger partial charge is 0.227 e. The van der Waals surface area contributed by atoms with E-state index in [0.717, 1.165) is 30.1 Å². The first-order valence-electron chi connectivity index (χ1n) is 11.2. The molecule has 4 nitrogen and oxygen atoms in total. The van der Waals surface area contributed by atoms with Crippen molar-refractivity contribution in [2.75, 3.05) is 18.4 Å². The number of benzene rings is 1. The van der Waals surface area contributed by atoms with Crippen LogP contribution in [0, 0.1) is 5.92 Å². The number of aromatic nitrogens is 1. The summed E-state index contributed by atoms with van der Waals surface area (Å²) >= 11 is 1.83. The average Bonchev–Trinajstić information content (AvgIpc) is 3.11. The van der Waals surface area contributed by atoms with Crippen LogP contribution >= 0.6 is 11.3 Å². The van der Waals surface area contributed by atoms with Crippen LogP contribution in [0.15, 0.2) is 18.2 Å². The maximum absolute atomic E-state index is 12.5. The van der Waals surface area contributed by atoms with Crippen molar-refractivity contribution >= 4 is 33.1 Å². The number of nitrogens with zero attached hydrogens (tertiary/aromatic N) is 2. The lowest BCUT2D eigenvalue weighted by atomic mass is 9.79. The molecule has 0 radical (unpaired) electrons. The Kier molecular flexibility index (Phi) is 5.38. The van der Waals surface area contributed by atoms with Crippen molar-refractivity contribution in [3.8, 4) is 0 Å². The molecule has 5 rings (SSSR count). The molecule has 1 amide bonds. The lowest BCUT2D eigenvalue weighted by molar-refractivity contribution is -0.120. The largest absolute Gasteiger partial charge is 0.326 e. The molecule has 0 bridgehead atoms. The van der Waals surface area contributed by atoms with Gasteiger partial charge in [-0.25, -0.2) is 4.98 Å². The van der Waals surface area contributed by atoms with Crippen molar-refractivity contribution in [2.45, 2.75) is 76.2 Å². The maximum atomic E-state index is 12.5. The van der Waals surface area contributed by atoms with Crippen LogP contribution in [0.1, 0.15) is 75.1 Å². The second kappa shape index (κ2) is 8.11. The zero-order chi connectivity index (χ0) is 18.9. The summed E-state index contributed by atoms with van der Waals surface area (Å²) in [4.78, 5) is 20.1. The van der Waals surface area contributed by atoms with Gasteiger partial charge in [0.15, 0.2) is 0 Å². The number of hydrogen-bond acceptors (Lipinski definition) is 4. The second-order valence-corrected chi connectivity index (χ2v) is 10.0. The Balaban J connectivity index is 1.22. The topological polar surface area (TPSA) is 45.2 Å². The fourth-order valence-corrected chi connectivity index (χ4v) is 6.31. The highest BCUT2D eigenvalue weighted by molar-refractivity contribution is 7.18. The third kappa shape index (κ3) is 3.84. The average molecular weight is 398 g/mol. The predicted octanol–water partition coefficient (Wildman–Crippen LogP) is 5.55. The Bertz CT molecular complexity index is 829. The molecule has 0 atom stereocenters. The molecule has 2 aliphatic carbocycles. The predicted molar refractivity (Wildman–Crippen MR) is 116 cm³/mol. The van der Waals surface area contributed by atoms with Crippen LogP contribution < -0.4 is 5.32 Å². The molecular formula is C23H31N3OS. The van der Waals surface area contributed by atoms with Gasteiger partial charge in [0.2, 0.25) is 5.91 Å². The number of anilines is 1. The number of carbonyl (C=O) groups is 1. The van der Waals surface area contributed by atoms with E-state index < -0.39 is 0 Å². The molecule has 1 aromatic heterocycles. The molecule has 5 heteroatoms. The SMILES string of the molecule is O=C(Nc1ccc2nc(C3CC(N4CCCCC4)C3)sc2c1)C1CCCCC1. The normalized spacial score (nSPS) is 26.9. The molecule has 0 unspecified atom stereocenters. The van der Waals surface area contributed by atoms with E-state index in [0.29, 0.717) is 5.92 Å². The molecule has 2 heterocycles. The molecule has 2 aromatic rings. The molecule has 3 fully saturated rings. The Morgan fingerprint density at radius 3 is 2.57 bits per heavy atom. The molecule has 0 spiro atoms. The highest BCUT2D eigenvalue weighted by Gasteiger charge is 2.36. The summed E-state index contributed by atoms with van der Waals surface area (Å²) in [5.41, 5.74) is 2.01. The third-order valence-electron chi connectivity index (χ3n) is 7.02. The van der Waals surface area contributed by atoms with Gasteiger partial charge in [-0.3, -0.25) is 4.79 Å². The minimum absolute atomic E-state index is 0.197. The van der Waals surface area contributed by atoms with Crippen molar-refractivity contribution in [1.29, 1.82) is 0 Å². The highest BCUT2D eigenvalue weighted by atomic mass is 32.1. The molecule has 1 saturated heterocycles.